The van der Waals surface area contributed by atoms with Gasteiger partial charge in [-0.05, 0) is 57.0 Å². The molecule has 1 aliphatic heterocycles. The molecule has 1 amide bonds. The van der Waals surface area contributed by atoms with Gasteiger partial charge >= 0.3 is 0 Å². The number of phenolic OH excluding ortho intramolecular Hbond substituents is 1. The van der Waals surface area contributed by atoms with Crippen LogP contribution in [0.3, 0.4) is 0 Å². The summed E-state index contributed by atoms with van der Waals surface area (Å²) < 4.78 is 0. The number of phenols is 1. The summed E-state index contributed by atoms with van der Waals surface area (Å²) in [5.74, 6) is 0.410. The van der Waals surface area contributed by atoms with Crippen LogP contribution in [0.2, 0.25) is 0 Å². The summed E-state index contributed by atoms with van der Waals surface area (Å²) in [6.45, 7) is 4.82. The lowest BCUT2D eigenvalue weighted by atomic mass is 9.92. The largest absolute Gasteiger partial charge is 0.508 e. The number of piperidine rings is 1. The second-order valence-electron chi connectivity index (χ2n) is 5.07. The number of carbonyl (C=O) groups is 1. The normalized spacial score (nSPS) is 22.4. The van der Waals surface area contributed by atoms with Gasteiger partial charge in [-0.3, -0.25) is 4.79 Å². The number of aryl methyl sites for hydroxylation is 1. The Hall–Kier alpha value is -1.26. The molecule has 0 unspecified atom stereocenters. The van der Waals surface area contributed by atoms with Gasteiger partial charge in [-0.15, -0.1) is 12.4 Å². The van der Waals surface area contributed by atoms with E-state index in [1.54, 1.807) is 18.2 Å². The molecule has 1 aromatic rings. The molecule has 5 heteroatoms. The van der Waals surface area contributed by atoms with Gasteiger partial charge in [0, 0.05) is 17.6 Å². The molecule has 19 heavy (non-hydrogen) atoms. The Morgan fingerprint density at radius 3 is 2.84 bits per heavy atom. The van der Waals surface area contributed by atoms with E-state index in [2.05, 4.69) is 17.6 Å². The third-order valence-electron chi connectivity index (χ3n) is 3.46. The molecule has 1 heterocycles. The highest BCUT2D eigenvalue weighted by Crippen LogP contribution is 2.22. The number of hydrogen-bond donors (Lipinski definition) is 3. The van der Waals surface area contributed by atoms with Crippen LogP contribution in [0.25, 0.3) is 0 Å². The maximum Gasteiger partial charge on any atom is 0.227 e. The Morgan fingerprint density at radius 2 is 2.21 bits per heavy atom. The van der Waals surface area contributed by atoms with Gasteiger partial charge in [0.2, 0.25) is 5.91 Å². The monoisotopic (exact) mass is 284 g/mol. The molecule has 0 spiro atoms. The molecular formula is C14H21ClN2O2. The van der Waals surface area contributed by atoms with Gasteiger partial charge in [-0.25, -0.2) is 0 Å². The van der Waals surface area contributed by atoms with Gasteiger partial charge < -0.3 is 15.7 Å². The Balaban J connectivity index is 0.00000180. The molecule has 1 aliphatic rings. The second kappa shape index (κ2) is 6.78. The highest BCUT2D eigenvalue weighted by atomic mass is 35.5. The molecule has 3 N–H and O–H groups in total. The fourth-order valence-corrected chi connectivity index (χ4v) is 2.35. The van der Waals surface area contributed by atoms with Gasteiger partial charge in [0.05, 0.1) is 0 Å². The van der Waals surface area contributed by atoms with Crippen molar-refractivity contribution in [1.82, 2.24) is 5.32 Å². The third-order valence-corrected chi connectivity index (χ3v) is 3.46. The fourth-order valence-electron chi connectivity index (χ4n) is 2.35. The van der Waals surface area contributed by atoms with Gasteiger partial charge in [-0.2, -0.15) is 0 Å². The molecule has 1 fully saturated rings. The first-order valence-corrected chi connectivity index (χ1v) is 6.40. The lowest BCUT2D eigenvalue weighted by Crippen LogP contribution is -2.40. The van der Waals surface area contributed by atoms with Crippen LogP contribution in [0, 0.1) is 12.8 Å². The lowest BCUT2D eigenvalue weighted by molar-refractivity contribution is -0.120. The zero-order chi connectivity index (χ0) is 13.1. The topological polar surface area (TPSA) is 61.4 Å². The van der Waals surface area contributed by atoms with Gasteiger partial charge in [0.25, 0.3) is 0 Å². The molecule has 0 aromatic heterocycles. The molecule has 0 saturated carbocycles. The molecular weight excluding hydrogens is 264 g/mol. The van der Waals surface area contributed by atoms with E-state index in [1.807, 2.05) is 6.92 Å². The maximum atomic E-state index is 12.1. The summed E-state index contributed by atoms with van der Waals surface area (Å²) in [6.07, 6.45) is 1.76. The van der Waals surface area contributed by atoms with Crippen LogP contribution in [-0.4, -0.2) is 23.6 Å². The number of nitrogens with one attached hydrogen (secondary N) is 2. The smallest absolute Gasteiger partial charge is 0.227 e. The minimum atomic E-state index is 0. The third kappa shape index (κ3) is 4.11. The zero-order valence-corrected chi connectivity index (χ0v) is 12.1. The van der Waals surface area contributed by atoms with E-state index in [9.17, 15) is 9.90 Å². The highest BCUT2D eigenvalue weighted by molar-refractivity contribution is 5.92. The predicted molar refractivity (Wildman–Crippen MR) is 78.9 cm³/mol. The first-order chi connectivity index (χ1) is 8.56. The van der Waals surface area contributed by atoms with Crippen molar-refractivity contribution in [2.75, 3.05) is 11.9 Å². The van der Waals surface area contributed by atoms with E-state index in [-0.39, 0.29) is 30.0 Å². The van der Waals surface area contributed by atoms with Crippen LogP contribution >= 0.6 is 12.4 Å². The quantitative estimate of drug-likeness (QED) is 0.731. The van der Waals surface area contributed by atoms with E-state index in [1.165, 1.54) is 0 Å². The van der Waals surface area contributed by atoms with E-state index < -0.39 is 0 Å². The van der Waals surface area contributed by atoms with Crippen LogP contribution in [0.5, 0.6) is 5.75 Å². The number of hydrogen-bond acceptors (Lipinski definition) is 3. The van der Waals surface area contributed by atoms with Crippen LogP contribution in [-0.2, 0) is 4.79 Å². The first kappa shape index (κ1) is 15.8. The number of halogens is 1. The van der Waals surface area contributed by atoms with E-state index in [4.69, 9.17) is 0 Å². The average Bonchev–Trinajstić information content (AvgIpc) is 2.34. The molecule has 0 aliphatic carbocycles. The lowest BCUT2D eigenvalue weighted by Gasteiger charge is -2.27. The number of rotatable bonds is 2. The Bertz CT molecular complexity index is 451. The molecule has 4 nitrogen and oxygen atoms in total. The predicted octanol–water partition coefficient (Wildman–Crippen LogP) is 2.45. The summed E-state index contributed by atoms with van der Waals surface area (Å²) in [5.41, 5.74) is 1.52. The summed E-state index contributed by atoms with van der Waals surface area (Å²) in [5, 5.41) is 15.7. The Kier molecular flexibility index (Phi) is 5.63. The fraction of sp³-hybridized carbons (Fsp3) is 0.500. The van der Waals surface area contributed by atoms with Crippen molar-refractivity contribution in [3.8, 4) is 5.75 Å². The number of amides is 1. The first-order valence-electron chi connectivity index (χ1n) is 6.40. The second-order valence-corrected chi connectivity index (χ2v) is 5.07. The number of carbonyl (C=O) groups excluding carboxylic acids is 1. The van der Waals surface area contributed by atoms with E-state index >= 15 is 0 Å². The number of anilines is 1. The molecule has 2 atom stereocenters. The number of aromatic hydroxyl groups is 1. The minimum Gasteiger partial charge on any atom is -0.508 e. The average molecular weight is 285 g/mol. The molecule has 0 bridgehead atoms. The summed E-state index contributed by atoms with van der Waals surface area (Å²) in [7, 11) is 0. The molecule has 1 aromatic carbocycles. The summed E-state index contributed by atoms with van der Waals surface area (Å²) in [4.78, 5) is 12.1. The van der Waals surface area contributed by atoms with Crippen LogP contribution in [0.4, 0.5) is 5.69 Å². The van der Waals surface area contributed by atoms with Gasteiger partial charge in [0.1, 0.15) is 5.75 Å². The molecule has 1 saturated heterocycles. The highest BCUT2D eigenvalue weighted by Gasteiger charge is 2.24. The van der Waals surface area contributed by atoms with Crippen molar-refractivity contribution in [3.05, 3.63) is 23.8 Å². The molecule has 0 radical (unpaired) electrons. The van der Waals surface area contributed by atoms with Gasteiger partial charge in [-0.1, -0.05) is 0 Å². The number of benzene rings is 1. The molecule has 2 rings (SSSR count). The van der Waals surface area contributed by atoms with Crippen molar-refractivity contribution in [3.63, 3.8) is 0 Å². The summed E-state index contributed by atoms with van der Waals surface area (Å²) in [6, 6.07) is 5.52. The van der Waals surface area contributed by atoms with Crippen molar-refractivity contribution in [1.29, 1.82) is 0 Å². The van der Waals surface area contributed by atoms with Crippen molar-refractivity contribution in [2.24, 2.45) is 5.92 Å². The van der Waals surface area contributed by atoms with Crippen LogP contribution in [0.15, 0.2) is 18.2 Å². The van der Waals surface area contributed by atoms with E-state index in [0.29, 0.717) is 6.04 Å². The van der Waals surface area contributed by atoms with Gasteiger partial charge in [0.15, 0.2) is 0 Å². The SMILES string of the molecule is Cc1cc(NC(=O)[C@H]2CCN[C@@H](C)C2)ccc1O.Cl. The van der Waals surface area contributed by atoms with Crippen molar-refractivity contribution < 1.29 is 9.90 Å². The molecule has 106 valence electrons. The van der Waals surface area contributed by atoms with Crippen LogP contribution in [0.1, 0.15) is 25.3 Å². The standard InChI is InChI=1S/C14H20N2O2.ClH/c1-9-7-12(3-4-13(9)17)16-14(18)11-5-6-15-10(2)8-11;/h3-4,7,10-11,15,17H,5-6,8H2,1-2H3,(H,16,18);1H/t10-,11-;/m0./s1. The van der Waals surface area contributed by atoms with E-state index in [0.717, 1.165) is 30.6 Å². The maximum absolute atomic E-state index is 12.1. The zero-order valence-electron chi connectivity index (χ0n) is 11.3. The Morgan fingerprint density at radius 1 is 1.47 bits per heavy atom. The minimum absolute atomic E-state index is 0. The van der Waals surface area contributed by atoms with Crippen LogP contribution < -0.4 is 10.6 Å². The van der Waals surface area contributed by atoms with Crippen molar-refractivity contribution >= 4 is 24.0 Å². The Labute approximate surface area is 120 Å². The van der Waals surface area contributed by atoms with Crippen molar-refractivity contribution in [2.45, 2.75) is 32.7 Å². The summed E-state index contributed by atoms with van der Waals surface area (Å²) >= 11 is 0.